The lowest BCUT2D eigenvalue weighted by molar-refractivity contribution is -0.384. The molecule has 1 heterocycles. The summed E-state index contributed by atoms with van der Waals surface area (Å²) in [5.41, 5.74) is 6.28. The molecule has 0 bridgehead atoms. The van der Waals surface area contributed by atoms with E-state index in [9.17, 15) is 10.1 Å². The molecule has 0 fully saturated rings. The molecule has 0 amide bonds. The Bertz CT molecular complexity index is 702. The highest BCUT2D eigenvalue weighted by atomic mass is 16.6. The van der Waals surface area contributed by atoms with E-state index in [4.69, 9.17) is 10.5 Å². The fourth-order valence-corrected chi connectivity index (χ4v) is 1.45. The summed E-state index contributed by atoms with van der Waals surface area (Å²) in [5, 5.41) is 10.7. The van der Waals surface area contributed by atoms with Crippen LogP contribution in [0.4, 0.5) is 11.6 Å². The van der Waals surface area contributed by atoms with Gasteiger partial charge in [-0.25, -0.2) is 9.97 Å². The van der Waals surface area contributed by atoms with Crippen molar-refractivity contribution in [1.29, 1.82) is 0 Å². The third kappa shape index (κ3) is 3.00. The second-order valence-corrected chi connectivity index (χ2v) is 3.72. The molecule has 20 heavy (non-hydrogen) atoms. The molecule has 0 unspecified atom stereocenters. The minimum Gasteiger partial charge on any atom is -0.495 e. The van der Waals surface area contributed by atoms with Crippen LogP contribution in [-0.4, -0.2) is 22.0 Å². The Hall–Kier alpha value is -3.14. The van der Waals surface area contributed by atoms with E-state index < -0.39 is 4.92 Å². The number of hydrogen-bond donors (Lipinski definition) is 1. The number of nitrogen functional groups attached to an aromatic ring is 1. The van der Waals surface area contributed by atoms with Crippen molar-refractivity contribution < 1.29 is 9.66 Å². The normalized spacial score (nSPS) is 9.45. The zero-order valence-electron chi connectivity index (χ0n) is 10.5. The monoisotopic (exact) mass is 270 g/mol. The van der Waals surface area contributed by atoms with Gasteiger partial charge in [-0.2, -0.15) is 0 Å². The number of ether oxygens (including phenoxy) is 1. The smallest absolute Gasteiger partial charge is 0.270 e. The quantitative estimate of drug-likeness (QED) is 0.502. The first-order valence-electron chi connectivity index (χ1n) is 5.52. The van der Waals surface area contributed by atoms with Gasteiger partial charge in [0, 0.05) is 24.5 Å². The van der Waals surface area contributed by atoms with Crippen molar-refractivity contribution >= 4 is 11.6 Å². The van der Waals surface area contributed by atoms with E-state index in [2.05, 4.69) is 21.8 Å². The van der Waals surface area contributed by atoms with Gasteiger partial charge >= 0.3 is 0 Å². The van der Waals surface area contributed by atoms with Crippen molar-refractivity contribution in [2.75, 3.05) is 12.8 Å². The van der Waals surface area contributed by atoms with E-state index in [0.29, 0.717) is 16.9 Å². The molecule has 2 rings (SSSR count). The Morgan fingerprint density at radius 2 is 2.00 bits per heavy atom. The van der Waals surface area contributed by atoms with Crippen LogP contribution in [0.15, 0.2) is 30.6 Å². The van der Waals surface area contributed by atoms with Crippen molar-refractivity contribution in [2.24, 2.45) is 0 Å². The van der Waals surface area contributed by atoms with Crippen LogP contribution in [0.2, 0.25) is 0 Å². The maximum absolute atomic E-state index is 10.7. The van der Waals surface area contributed by atoms with E-state index >= 15 is 0 Å². The fraction of sp³-hybridized carbons (Fsp3) is 0.0769. The second kappa shape index (κ2) is 5.67. The molecule has 0 saturated carbocycles. The third-order valence-electron chi connectivity index (χ3n) is 2.41. The van der Waals surface area contributed by atoms with Gasteiger partial charge in [-0.05, 0) is 6.07 Å². The van der Waals surface area contributed by atoms with Crippen LogP contribution in [-0.2, 0) is 0 Å². The molecule has 0 aliphatic rings. The van der Waals surface area contributed by atoms with Crippen LogP contribution in [0, 0.1) is 22.0 Å². The number of hydrogen-bond acceptors (Lipinski definition) is 6. The van der Waals surface area contributed by atoms with Crippen molar-refractivity contribution in [3.63, 3.8) is 0 Å². The van der Waals surface area contributed by atoms with E-state index in [1.807, 2.05) is 0 Å². The van der Waals surface area contributed by atoms with E-state index in [0.717, 1.165) is 0 Å². The van der Waals surface area contributed by atoms with Gasteiger partial charge in [0.2, 0.25) is 5.95 Å². The maximum Gasteiger partial charge on any atom is 0.270 e. The Labute approximate surface area is 114 Å². The molecule has 0 spiro atoms. The highest BCUT2D eigenvalue weighted by Gasteiger charge is 2.09. The Morgan fingerprint density at radius 3 is 2.60 bits per heavy atom. The van der Waals surface area contributed by atoms with Crippen molar-refractivity contribution in [2.45, 2.75) is 0 Å². The first kappa shape index (κ1) is 13.3. The van der Waals surface area contributed by atoms with Crippen LogP contribution < -0.4 is 10.5 Å². The van der Waals surface area contributed by atoms with Crippen molar-refractivity contribution in [3.8, 4) is 17.6 Å². The highest BCUT2D eigenvalue weighted by molar-refractivity contribution is 5.54. The summed E-state index contributed by atoms with van der Waals surface area (Å²) >= 11 is 0. The zero-order valence-corrected chi connectivity index (χ0v) is 10.5. The molecule has 0 atom stereocenters. The standard InChI is InChI=1S/C13H10N4O3/c1-20-12-5-4-11(17(18)19)6-10(12)3-2-9-7-15-13(14)16-8-9/h4-8H,1H3,(H2,14,15,16). The second-order valence-electron chi connectivity index (χ2n) is 3.72. The summed E-state index contributed by atoms with van der Waals surface area (Å²) in [6.45, 7) is 0. The minimum absolute atomic E-state index is 0.0522. The van der Waals surface area contributed by atoms with Crippen LogP contribution in [0.1, 0.15) is 11.1 Å². The number of rotatable bonds is 2. The summed E-state index contributed by atoms with van der Waals surface area (Å²) in [5.74, 6) is 6.20. The molecule has 1 aromatic heterocycles. The Balaban J connectivity index is 2.39. The zero-order chi connectivity index (χ0) is 14.5. The molecule has 7 heteroatoms. The van der Waals surface area contributed by atoms with Crippen LogP contribution in [0.25, 0.3) is 0 Å². The average Bonchev–Trinajstić information content (AvgIpc) is 2.46. The van der Waals surface area contributed by atoms with Gasteiger partial charge in [0.1, 0.15) is 5.75 Å². The number of aromatic nitrogens is 2. The summed E-state index contributed by atoms with van der Waals surface area (Å²) in [4.78, 5) is 17.9. The summed E-state index contributed by atoms with van der Waals surface area (Å²) in [7, 11) is 1.47. The number of nitrogens with zero attached hydrogens (tertiary/aromatic N) is 3. The lowest BCUT2D eigenvalue weighted by Gasteiger charge is -2.02. The van der Waals surface area contributed by atoms with E-state index in [1.165, 1.54) is 37.7 Å². The van der Waals surface area contributed by atoms with E-state index in [-0.39, 0.29) is 11.6 Å². The molecule has 0 saturated heterocycles. The first-order chi connectivity index (χ1) is 9.60. The molecule has 2 N–H and O–H groups in total. The van der Waals surface area contributed by atoms with Gasteiger partial charge in [-0.1, -0.05) is 11.8 Å². The molecule has 100 valence electrons. The Morgan fingerprint density at radius 1 is 1.30 bits per heavy atom. The Kier molecular flexibility index (Phi) is 3.77. The molecule has 0 radical (unpaired) electrons. The van der Waals surface area contributed by atoms with Crippen LogP contribution >= 0.6 is 0 Å². The number of nitro groups is 1. The molecule has 1 aromatic carbocycles. The van der Waals surface area contributed by atoms with Crippen molar-refractivity contribution in [1.82, 2.24) is 9.97 Å². The number of non-ortho nitro benzene ring substituents is 1. The number of benzene rings is 1. The highest BCUT2D eigenvalue weighted by Crippen LogP contribution is 2.23. The lowest BCUT2D eigenvalue weighted by Crippen LogP contribution is -1.94. The molecule has 7 nitrogen and oxygen atoms in total. The van der Waals surface area contributed by atoms with Gasteiger partial charge in [0.25, 0.3) is 5.69 Å². The number of nitro benzene ring substituents is 1. The molecular formula is C13H10N4O3. The van der Waals surface area contributed by atoms with Gasteiger partial charge in [0.05, 0.1) is 23.2 Å². The number of methoxy groups -OCH3 is 1. The van der Waals surface area contributed by atoms with Crippen molar-refractivity contribution in [3.05, 3.63) is 51.8 Å². The summed E-state index contributed by atoms with van der Waals surface area (Å²) in [6.07, 6.45) is 2.94. The largest absolute Gasteiger partial charge is 0.495 e. The average molecular weight is 270 g/mol. The van der Waals surface area contributed by atoms with Gasteiger partial charge < -0.3 is 10.5 Å². The number of anilines is 1. The minimum atomic E-state index is -0.489. The number of nitrogens with two attached hydrogens (primary N) is 1. The van der Waals surface area contributed by atoms with Crippen LogP contribution in [0.3, 0.4) is 0 Å². The molecule has 0 aliphatic heterocycles. The van der Waals surface area contributed by atoms with Gasteiger partial charge in [-0.15, -0.1) is 0 Å². The fourth-order valence-electron chi connectivity index (χ4n) is 1.45. The first-order valence-corrected chi connectivity index (χ1v) is 5.52. The lowest BCUT2D eigenvalue weighted by atomic mass is 10.1. The molecule has 0 aliphatic carbocycles. The predicted octanol–water partition coefficient (Wildman–Crippen LogP) is 1.38. The summed E-state index contributed by atoms with van der Waals surface area (Å²) < 4.78 is 5.11. The maximum atomic E-state index is 10.7. The van der Waals surface area contributed by atoms with E-state index in [1.54, 1.807) is 0 Å². The van der Waals surface area contributed by atoms with Gasteiger partial charge in [0.15, 0.2) is 0 Å². The summed E-state index contributed by atoms with van der Waals surface area (Å²) in [6, 6.07) is 4.21. The third-order valence-corrected chi connectivity index (χ3v) is 2.41. The SMILES string of the molecule is COc1ccc([N+](=O)[O-])cc1C#Cc1cnc(N)nc1. The topological polar surface area (TPSA) is 104 Å². The molecular weight excluding hydrogens is 260 g/mol. The molecule has 2 aromatic rings. The van der Waals surface area contributed by atoms with Crippen LogP contribution in [0.5, 0.6) is 5.75 Å². The van der Waals surface area contributed by atoms with Gasteiger partial charge in [-0.3, -0.25) is 10.1 Å². The predicted molar refractivity (Wildman–Crippen MR) is 72.1 cm³/mol.